The zero-order valence-electron chi connectivity index (χ0n) is 12.7. The third kappa shape index (κ3) is 1.24. The van der Waals surface area contributed by atoms with Crippen molar-refractivity contribution in [1.29, 1.82) is 0 Å². The second kappa shape index (κ2) is 3.89. The van der Waals surface area contributed by atoms with Crippen molar-refractivity contribution in [3.05, 3.63) is 70.8 Å². The van der Waals surface area contributed by atoms with Gasteiger partial charge in [-0.3, -0.25) is 9.59 Å². The molecule has 4 aliphatic rings. The van der Waals surface area contributed by atoms with Crippen LogP contribution in [0.4, 0.5) is 0 Å². The molecular weight excluding hydrogens is 288 g/mol. The molecule has 1 aliphatic heterocycles. The molecule has 1 saturated heterocycles. The Hall–Kier alpha value is -2.46. The monoisotopic (exact) mass is 304 g/mol. The van der Waals surface area contributed by atoms with Crippen molar-refractivity contribution in [3.8, 4) is 0 Å². The Morgan fingerprint density at radius 2 is 1.39 bits per heavy atom. The van der Waals surface area contributed by atoms with Gasteiger partial charge in [-0.15, -0.1) is 0 Å². The molecule has 2 amide bonds. The Labute approximate surface area is 133 Å². The van der Waals surface area contributed by atoms with E-state index in [9.17, 15) is 9.59 Å². The first-order valence-electron chi connectivity index (χ1n) is 7.87. The highest BCUT2D eigenvalue weighted by Gasteiger charge is 2.68. The van der Waals surface area contributed by atoms with Gasteiger partial charge in [-0.2, -0.15) is 0 Å². The van der Waals surface area contributed by atoms with E-state index >= 15 is 0 Å². The van der Waals surface area contributed by atoms with Gasteiger partial charge in [0.15, 0.2) is 0 Å². The molecule has 4 heteroatoms. The van der Waals surface area contributed by atoms with Gasteiger partial charge in [-0.25, -0.2) is 10.9 Å². The summed E-state index contributed by atoms with van der Waals surface area (Å²) < 4.78 is 0. The highest BCUT2D eigenvalue weighted by molar-refractivity contribution is 6.09. The fraction of sp³-hybridized carbons (Fsp3) is 0.263. The van der Waals surface area contributed by atoms with E-state index in [2.05, 4.69) is 24.3 Å². The second-order valence-corrected chi connectivity index (χ2v) is 6.94. The summed E-state index contributed by atoms with van der Waals surface area (Å²) >= 11 is 0. The molecule has 0 unspecified atom stereocenters. The number of benzene rings is 2. The van der Waals surface area contributed by atoms with Crippen LogP contribution in [-0.2, 0) is 9.59 Å². The largest absolute Gasteiger partial charge is 0.273 e. The molecule has 0 spiro atoms. The van der Waals surface area contributed by atoms with Crippen molar-refractivity contribution in [2.24, 2.45) is 17.2 Å². The van der Waals surface area contributed by atoms with Gasteiger partial charge >= 0.3 is 0 Å². The minimum absolute atomic E-state index is 0.0950. The van der Waals surface area contributed by atoms with Crippen LogP contribution >= 0.6 is 0 Å². The molecule has 0 radical (unpaired) electrons. The van der Waals surface area contributed by atoms with Gasteiger partial charge in [0, 0.05) is 11.8 Å². The molecule has 4 nitrogen and oxygen atoms in total. The number of amides is 2. The molecular formula is C19H16N2O2. The van der Waals surface area contributed by atoms with Gasteiger partial charge in [-0.05, 0) is 29.2 Å². The number of hydrogen-bond acceptors (Lipinski definition) is 3. The number of rotatable bonds is 0. The molecule has 114 valence electrons. The number of carbonyl (C=O) groups is 2. The second-order valence-electron chi connectivity index (χ2n) is 6.94. The predicted octanol–water partition coefficient (Wildman–Crippen LogP) is 2.14. The lowest BCUT2D eigenvalue weighted by molar-refractivity contribution is -0.141. The zero-order chi connectivity index (χ0) is 15.9. The van der Waals surface area contributed by atoms with Crippen molar-refractivity contribution in [1.82, 2.24) is 5.01 Å². The van der Waals surface area contributed by atoms with Crippen LogP contribution in [0.25, 0.3) is 0 Å². The van der Waals surface area contributed by atoms with Crippen LogP contribution in [0, 0.1) is 11.3 Å². The smallest absolute Gasteiger partial charge is 0.251 e. The van der Waals surface area contributed by atoms with Gasteiger partial charge < -0.3 is 0 Å². The molecule has 2 bridgehead atoms. The van der Waals surface area contributed by atoms with E-state index in [0.717, 1.165) is 27.3 Å². The standard InChI is InChI=1S/C19H16N2O2/c1-19-15-12-8-4-2-6-10(12)14(11-7-3-5-9-13(11)15)16(19)17(22)21(20)18(19)23/h2-9,14-16H,20H2,1H3/t14?,15?,16-,19-/m0/s1. The maximum Gasteiger partial charge on any atom is 0.251 e. The summed E-state index contributed by atoms with van der Waals surface area (Å²) in [5, 5.41) is 0.850. The molecule has 3 aliphatic carbocycles. The van der Waals surface area contributed by atoms with E-state index in [1.165, 1.54) is 0 Å². The van der Waals surface area contributed by atoms with Crippen LogP contribution in [0.5, 0.6) is 0 Å². The molecule has 0 aromatic heterocycles. The minimum atomic E-state index is -0.792. The summed E-state index contributed by atoms with van der Waals surface area (Å²) in [4.78, 5) is 25.6. The number of nitrogens with zero attached hydrogens (tertiary/aromatic N) is 1. The lowest BCUT2D eigenvalue weighted by Crippen LogP contribution is -2.49. The number of nitrogens with two attached hydrogens (primary N) is 1. The van der Waals surface area contributed by atoms with Crippen molar-refractivity contribution in [3.63, 3.8) is 0 Å². The predicted molar refractivity (Wildman–Crippen MR) is 84.2 cm³/mol. The van der Waals surface area contributed by atoms with Gasteiger partial charge in [-0.1, -0.05) is 48.5 Å². The first-order valence-corrected chi connectivity index (χ1v) is 7.87. The van der Waals surface area contributed by atoms with E-state index in [0.29, 0.717) is 0 Å². The van der Waals surface area contributed by atoms with Gasteiger partial charge in [0.25, 0.3) is 5.91 Å². The third-order valence-corrected chi connectivity index (χ3v) is 6.05. The molecule has 2 aromatic carbocycles. The summed E-state index contributed by atoms with van der Waals surface area (Å²) in [6.45, 7) is 1.91. The average molecular weight is 304 g/mol. The minimum Gasteiger partial charge on any atom is -0.273 e. The Bertz CT molecular complexity index is 843. The van der Waals surface area contributed by atoms with Crippen LogP contribution in [0.3, 0.4) is 0 Å². The van der Waals surface area contributed by atoms with Crippen LogP contribution in [0.1, 0.15) is 41.0 Å². The lowest BCUT2D eigenvalue weighted by Gasteiger charge is -2.51. The fourth-order valence-corrected chi connectivity index (χ4v) is 5.15. The number of carbonyl (C=O) groups excluding carboxylic acids is 2. The van der Waals surface area contributed by atoms with Crippen molar-refractivity contribution >= 4 is 11.8 Å². The Balaban J connectivity index is 1.91. The van der Waals surface area contributed by atoms with Crippen molar-refractivity contribution in [2.45, 2.75) is 18.8 Å². The zero-order valence-corrected chi connectivity index (χ0v) is 12.7. The quantitative estimate of drug-likeness (QED) is 0.461. The van der Waals surface area contributed by atoms with Crippen LogP contribution in [-0.4, -0.2) is 16.8 Å². The molecule has 0 saturated carbocycles. The molecule has 6 rings (SSSR count). The highest BCUT2D eigenvalue weighted by atomic mass is 16.2. The van der Waals surface area contributed by atoms with Crippen LogP contribution < -0.4 is 5.84 Å². The van der Waals surface area contributed by atoms with Crippen LogP contribution in [0.2, 0.25) is 0 Å². The molecule has 2 aromatic rings. The lowest BCUT2D eigenvalue weighted by atomic mass is 9.48. The van der Waals surface area contributed by atoms with Crippen LogP contribution in [0.15, 0.2) is 48.5 Å². The summed E-state index contributed by atoms with van der Waals surface area (Å²) in [5.74, 6) is 4.69. The number of imide groups is 1. The topological polar surface area (TPSA) is 63.4 Å². The van der Waals surface area contributed by atoms with E-state index < -0.39 is 11.3 Å². The summed E-state index contributed by atoms with van der Waals surface area (Å²) in [6, 6.07) is 16.3. The first-order chi connectivity index (χ1) is 11.1. The molecule has 1 heterocycles. The molecule has 1 fully saturated rings. The maximum atomic E-state index is 12.9. The van der Waals surface area contributed by atoms with E-state index in [1.807, 2.05) is 31.2 Å². The number of hydrazine groups is 1. The maximum absolute atomic E-state index is 12.9. The van der Waals surface area contributed by atoms with Crippen molar-refractivity contribution in [2.75, 3.05) is 0 Å². The summed E-state index contributed by atoms with van der Waals surface area (Å²) in [5.41, 5.74) is 3.85. The third-order valence-electron chi connectivity index (χ3n) is 6.05. The molecule has 23 heavy (non-hydrogen) atoms. The summed E-state index contributed by atoms with van der Waals surface area (Å²) in [6.07, 6.45) is 0. The number of hydrogen-bond donors (Lipinski definition) is 1. The molecule has 2 atom stereocenters. The van der Waals surface area contributed by atoms with E-state index in [4.69, 9.17) is 5.84 Å². The normalized spacial score (nSPS) is 33.5. The Morgan fingerprint density at radius 1 is 0.913 bits per heavy atom. The highest BCUT2D eigenvalue weighted by Crippen LogP contribution is 2.66. The van der Waals surface area contributed by atoms with Gasteiger partial charge in [0.05, 0.1) is 11.3 Å². The van der Waals surface area contributed by atoms with Gasteiger partial charge in [0.2, 0.25) is 5.91 Å². The van der Waals surface area contributed by atoms with Gasteiger partial charge in [0.1, 0.15) is 0 Å². The van der Waals surface area contributed by atoms with E-state index in [1.54, 1.807) is 0 Å². The Morgan fingerprint density at radius 3 is 1.91 bits per heavy atom. The Kier molecular flexibility index (Phi) is 2.20. The van der Waals surface area contributed by atoms with Crippen molar-refractivity contribution < 1.29 is 9.59 Å². The molecule has 2 N–H and O–H groups in total. The SMILES string of the molecule is C[C@@]12C(=O)N(N)C(=O)[C@@H]1C1c3ccccc3C2c2ccccc21. The summed E-state index contributed by atoms with van der Waals surface area (Å²) in [7, 11) is 0. The average Bonchev–Trinajstić information content (AvgIpc) is 2.76. The van der Waals surface area contributed by atoms with E-state index in [-0.39, 0.29) is 23.7 Å². The first kappa shape index (κ1) is 13.0. The fourth-order valence-electron chi connectivity index (χ4n) is 5.15.